The summed E-state index contributed by atoms with van der Waals surface area (Å²) in [5, 5.41) is 14.9. The van der Waals surface area contributed by atoms with Crippen LogP contribution in [-0.4, -0.2) is 86.6 Å². The number of amides is 4. The molecule has 65 heavy (non-hydrogen) atoms. The normalized spacial score (nSPS) is 13.5. The minimum atomic E-state index is -1.26. The van der Waals surface area contributed by atoms with Crippen LogP contribution >= 0.6 is 0 Å². The summed E-state index contributed by atoms with van der Waals surface area (Å²) in [7, 11) is 1.25. The number of rotatable bonds is 16. The molecule has 15 nitrogen and oxygen atoms in total. The maximum Gasteiger partial charge on any atom is 0.408 e. The van der Waals surface area contributed by atoms with Gasteiger partial charge in [-0.2, -0.15) is 0 Å². The van der Waals surface area contributed by atoms with E-state index in [0.29, 0.717) is 0 Å². The van der Waals surface area contributed by atoms with Crippen molar-refractivity contribution in [1.29, 1.82) is 0 Å². The number of methoxy groups -OCH3 is 1. The number of H-pyrrole nitrogens is 4. The first-order valence-corrected chi connectivity index (χ1v) is 21.5. The Hall–Kier alpha value is -7.81. The molecule has 4 heterocycles. The molecule has 15 heteroatoms. The second-order valence-corrected chi connectivity index (χ2v) is 17.2. The summed E-state index contributed by atoms with van der Waals surface area (Å²) in [4.78, 5) is 83.7. The van der Waals surface area contributed by atoms with Crippen molar-refractivity contribution < 1.29 is 33.4 Å². The van der Waals surface area contributed by atoms with Crippen LogP contribution in [0.25, 0.3) is 43.6 Å². The highest BCUT2D eigenvalue weighted by Gasteiger charge is 2.34. The van der Waals surface area contributed by atoms with Crippen LogP contribution in [0, 0.1) is 0 Å². The number of hydrogen-bond donors (Lipinski definition) is 8. The maximum absolute atomic E-state index is 14.9. The van der Waals surface area contributed by atoms with Crippen LogP contribution in [0.4, 0.5) is 4.79 Å². The summed E-state index contributed by atoms with van der Waals surface area (Å²) in [5.74, 6) is -2.62. The summed E-state index contributed by atoms with van der Waals surface area (Å²) >= 11 is 0. The third-order valence-electron chi connectivity index (χ3n) is 11.5. The second kappa shape index (κ2) is 18.9. The summed E-state index contributed by atoms with van der Waals surface area (Å²) in [6.07, 6.45) is 6.54. The quantitative estimate of drug-likeness (QED) is 0.0511. The lowest BCUT2D eigenvalue weighted by Gasteiger charge is -2.27. The highest BCUT2D eigenvalue weighted by Crippen LogP contribution is 2.24. The average molecular weight is 877 g/mol. The van der Waals surface area contributed by atoms with E-state index in [1.807, 2.05) is 97.1 Å². The van der Waals surface area contributed by atoms with E-state index in [0.717, 1.165) is 65.9 Å². The van der Waals surface area contributed by atoms with E-state index in [9.17, 15) is 24.0 Å². The van der Waals surface area contributed by atoms with Crippen LogP contribution in [0.3, 0.4) is 0 Å². The van der Waals surface area contributed by atoms with E-state index >= 15 is 0 Å². The number of benzene rings is 4. The smallest absolute Gasteiger partial charge is 0.408 e. The number of ether oxygens (including phenoxy) is 2. The Morgan fingerprint density at radius 1 is 0.462 bits per heavy atom. The van der Waals surface area contributed by atoms with Crippen molar-refractivity contribution in [2.75, 3.05) is 7.11 Å². The van der Waals surface area contributed by atoms with Gasteiger partial charge in [0.05, 0.1) is 7.11 Å². The molecule has 4 aromatic carbocycles. The molecule has 0 aliphatic carbocycles. The van der Waals surface area contributed by atoms with Gasteiger partial charge in [0.1, 0.15) is 29.8 Å². The van der Waals surface area contributed by atoms with Crippen LogP contribution in [0.5, 0.6) is 0 Å². The SMILES string of the molecule is COC(=O)[C@H](Cc1c[nH]c2ccccc12)NC(=O)[C@H](Cc1c[nH]c2ccccc12)NC(=O)[C@H](Cc1c[nH]c2ccccc12)NC(=O)[C@H](Cc1c[nH]c2ccccc12)NC(=O)OC(C)(C)C. The highest BCUT2D eigenvalue weighted by atomic mass is 16.6. The molecule has 0 radical (unpaired) electrons. The number of esters is 1. The lowest BCUT2D eigenvalue weighted by atomic mass is 10.00. The van der Waals surface area contributed by atoms with Crippen molar-refractivity contribution >= 4 is 73.4 Å². The standard InChI is InChI=1S/C50H52N8O7/c1-50(2,3)65-49(63)58-43(23-31-27-53-39-19-11-7-15-35(31)39)47(61)56-41(21-29-25-51-37-17-9-5-13-33(29)37)45(59)55-42(22-30-26-52-38-18-10-6-14-34(30)38)46(60)57-44(48(62)64-4)24-32-28-54-40-20-12-8-16-36(32)40/h5-20,25-28,41-44,51-54H,21-24H2,1-4H3,(H,55,59)(H,56,61)(H,57,60)(H,58,63)/t41-,42-,43-,44-/m0/s1. The van der Waals surface area contributed by atoms with Crippen LogP contribution in [0.15, 0.2) is 122 Å². The van der Waals surface area contributed by atoms with Crippen molar-refractivity contribution in [3.63, 3.8) is 0 Å². The fourth-order valence-electron chi connectivity index (χ4n) is 8.31. The van der Waals surface area contributed by atoms with Gasteiger partial charge in [0.15, 0.2) is 0 Å². The van der Waals surface area contributed by atoms with Gasteiger partial charge in [-0.1, -0.05) is 72.8 Å². The Balaban J connectivity index is 1.12. The van der Waals surface area contributed by atoms with Gasteiger partial charge < -0.3 is 50.7 Å². The van der Waals surface area contributed by atoms with Gasteiger partial charge >= 0.3 is 12.1 Å². The van der Waals surface area contributed by atoms with Crippen molar-refractivity contribution in [2.24, 2.45) is 0 Å². The minimum absolute atomic E-state index is 0.0145. The van der Waals surface area contributed by atoms with E-state index in [1.165, 1.54) is 7.11 Å². The molecule has 4 aromatic heterocycles. The molecule has 0 bridgehead atoms. The zero-order chi connectivity index (χ0) is 45.7. The number of carbonyl (C=O) groups excluding carboxylic acids is 5. The van der Waals surface area contributed by atoms with Crippen LogP contribution in [0.1, 0.15) is 43.0 Å². The molecule has 8 rings (SSSR count). The van der Waals surface area contributed by atoms with Crippen molar-refractivity contribution in [1.82, 2.24) is 41.2 Å². The molecular formula is C50H52N8O7. The van der Waals surface area contributed by atoms with E-state index in [2.05, 4.69) is 41.2 Å². The third-order valence-corrected chi connectivity index (χ3v) is 11.5. The number of alkyl carbamates (subject to hydrolysis) is 1. The van der Waals surface area contributed by atoms with Crippen molar-refractivity contribution in [3.05, 3.63) is 144 Å². The van der Waals surface area contributed by atoms with Gasteiger partial charge in [-0.05, 0) is 67.3 Å². The fourth-order valence-corrected chi connectivity index (χ4v) is 8.31. The van der Waals surface area contributed by atoms with E-state index in [4.69, 9.17) is 9.47 Å². The molecular weight excluding hydrogens is 825 g/mol. The maximum atomic E-state index is 14.9. The van der Waals surface area contributed by atoms with E-state index in [1.54, 1.807) is 45.6 Å². The fraction of sp³-hybridized carbons (Fsp3) is 0.260. The molecule has 0 fully saturated rings. The first-order chi connectivity index (χ1) is 31.3. The Bertz CT molecular complexity index is 3010. The van der Waals surface area contributed by atoms with E-state index in [-0.39, 0.29) is 25.7 Å². The number of para-hydroxylation sites is 4. The molecule has 4 atom stereocenters. The molecule has 8 N–H and O–H groups in total. The second-order valence-electron chi connectivity index (χ2n) is 17.2. The van der Waals surface area contributed by atoms with Gasteiger partial charge in [-0.15, -0.1) is 0 Å². The summed E-state index contributed by atoms with van der Waals surface area (Å²) < 4.78 is 10.7. The third kappa shape index (κ3) is 10.2. The molecule has 0 unspecified atom stereocenters. The predicted octanol–water partition coefficient (Wildman–Crippen LogP) is 6.40. The largest absolute Gasteiger partial charge is 0.467 e. The molecule has 0 saturated heterocycles. The molecule has 0 aliphatic heterocycles. The molecule has 0 aliphatic rings. The van der Waals surface area contributed by atoms with Crippen LogP contribution in [0.2, 0.25) is 0 Å². The van der Waals surface area contributed by atoms with Gasteiger partial charge in [0.2, 0.25) is 17.7 Å². The molecule has 0 saturated carbocycles. The molecule has 8 aromatic rings. The van der Waals surface area contributed by atoms with Crippen molar-refractivity contribution in [3.8, 4) is 0 Å². The van der Waals surface area contributed by atoms with E-state index < -0.39 is 59.6 Å². The monoisotopic (exact) mass is 876 g/mol. The minimum Gasteiger partial charge on any atom is -0.467 e. The van der Waals surface area contributed by atoms with Crippen molar-refractivity contribution in [2.45, 2.75) is 76.2 Å². The molecule has 334 valence electrons. The Kier molecular flexibility index (Phi) is 12.7. The van der Waals surface area contributed by atoms with Gasteiger partial charge in [-0.25, -0.2) is 9.59 Å². The lowest BCUT2D eigenvalue weighted by molar-refractivity contribution is -0.145. The van der Waals surface area contributed by atoms with Crippen LogP contribution in [-0.2, 0) is 54.3 Å². The zero-order valence-corrected chi connectivity index (χ0v) is 36.5. The molecule has 4 amide bonds. The van der Waals surface area contributed by atoms with Gasteiger partial charge in [-0.3, -0.25) is 14.4 Å². The number of carbonyl (C=O) groups is 5. The van der Waals surface area contributed by atoms with Crippen LogP contribution < -0.4 is 21.3 Å². The highest BCUT2D eigenvalue weighted by molar-refractivity contribution is 5.97. The van der Waals surface area contributed by atoms with Gasteiger partial charge in [0.25, 0.3) is 0 Å². The number of aromatic amines is 4. The Labute approximate surface area is 374 Å². The predicted molar refractivity (Wildman–Crippen MR) is 249 cm³/mol. The number of nitrogens with one attached hydrogen (secondary N) is 8. The zero-order valence-electron chi connectivity index (χ0n) is 36.5. The Morgan fingerprint density at radius 2 is 0.754 bits per heavy atom. The first-order valence-electron chi connectivity index (χ1n) is 21.5. The number of fused-ring (bicyclic) bond motifs is 4. The summed E-state index contributed by atoms with van der Waals surface area (Å²) in [6.45, 7) is 5.17. The average Bonchev–Trinajstić information content (AvgIpc) is 4.10. The molecule has 0 spiro atoms. The lowest BCUT2D eigenvalue weighted by Crippen LogP contribution is -2.59. The Morgan fingerprint density at radius 3 is 1.08 bits per heavy atom. The first kappa shape index (κ1) is 43.8. The van der Waals surface area contributed by atoms with Gasteiger partial charge in [0, 0.05) is 94.1 Å². The summed E-state index contributed by atoms with van der Waals surface area (Å²) in [6, 6.07) is 25.6. The topological polar surface area (TPSA) is 215 Å². The number of aromatic nitrogens is 4. The number of hydrogen-bond acceptors (Lipinski definition) is 7. The summed E-state index contributed by atoms with van der Waals surface area (Å²) in [5.41, 5.74) is 5.56.